The van der Waals surface area contributed by atoms with E-state index in [1.165, 1.54) is 0 Å². The molecule has 3 heteroatoms. The van der Waals surface area contributed by atoms with Crippen LogP contribution in [-0.2, 0) is 6.54 Å². The largest absolute Gasteiger partial charge is 0.386 e. The fourth-order valence-corrected chi connectivity index (χ4v) is 1.43. The lowest BCUT2D eigenvalue weighted by molar-refractivity contribution is 0.132. The second-order valence-corrected chi connectivity index (χ2v) is 2.89. The highest BCUT2D eigenvalue weighted by Gasteiger charge is 2.27. The van der Waals surface area contributed by atoms with Crippen molar-refractivity contribution < 1.29 is 5.11 Å². The maximum absolute atomic E-state index is 9.48. The van der Waals surface area contributed by atoms with Crippen LogP contribution in [0.5, 0.6) is 0 Å². The average Bonchev–Trinajstić information content (AvgIpc) is 2.41. The molecule has 0 saturated carbocycles. The first-order chi connectivity index (χ1) is 4.79. The molecule has 0 saturated heterocycles. The maximum atomic E-state index is 9.48. The normalized spacial score (nSPS) is 30.6. The van der Waals surface area contributed by atoms with Gasteiger partial charge in [-0.05, 0) is 0 Å². The second kappa shape index (κ2) is 1.83. The van der Waals surface area contributed by atoms with Crippen molar-refractivity contribution in [2.24, 2.45) is 5.92 Å². The molecule has 1 aromatic heterocycles. The summed E-state index contributed by atoms with van der Waals surface area (Å²) < 4.78 is 2.00. The molecule has 2 atom stereocenters. The Morgan fingerprint density at radius 2 is 2.60 bits per heavy atom. The zero-order chi connectivity index (χ0) is 7.14. The fourth-order valence-electron chi connectivity index (χ4n) is 1.43. The van der Waals surface area contributed by atoms with Crippen LogP contribution in [0.3, 0.4) is 0 Å². The Morgan fingerprint density at radius 3 is 3.30 bits per heavy atom. The smallest absolute Gasteiger partial charge is 0.0998 e. The molecule has 2 rings (SSSR count). The lowest BCUT2D eigenvalue weighted by atomic mass is 10.1. The Kier molecular flexibility index (Phi) is 1.08. The van der Waals surface area contributed by atoms with Crippen LogP contribution in [0.2, 0.25) is 0 Å². The number of hydrogen-bond acceptors (Lipinski definition) is 2. The molecule has 0 aliphatic carbocycles. The Morgan fingerprint density at radius 1 is 1.80 bits per heavy atom. The molecule has 2 heterocycles. The standard InChI is InChI=1S/C7H10N2O/c1-5-3-9-4-8-2-6(9)7(5)10/h2,4-5,7,10H,3H2,1H3/t5-,7+/m1/s1. The quantitative estimate of drug-likeness (QED) is 0.569. The van der Waals surface area contributed by atoms with E-state index in [2.05, 4.69) is 4.98 Å². The zero-order valence-electron chi connectivity index (χ0n) is 5.86. The van der Waals surface area contributed by atoms with Gasteiger partial charge >= 0.3 is 0 Å². The molecule has 1 N–H and O–H groups in total. The number of aromatic nitrogens is 2. The van der Waals surface area contributed by atoms with Crippen molar-refractivity contribution in [1.82, 2.24) is 9.55 Å². The summed E-state index contributed by atoms with van der Waals surface area (Å²) in [4.78, 5) is 3.93. The highest BCUT2D eigenvalue weighted by molar-refractivity contribution is 5.08. The number of hydrogen-bond donors (Lipinski definition) is 1. The van der Waals surface area contributed by atoms with E-state index >= 15 is 0 Å². The van der Waals surface area contributed by atoms with Gasteiger partial charge in [0, 0.05) is 12.5 Å². The van der Waals surface area contributed by atoms with Crippen LogP contribution in [0.15, 0.2) is 12.5 Å². The van der Waals surface area contributed by atoms with Crippen LogP contribution in [0.4, 0.5) is 0 Å². The zero-order valence-corrected chi connectivity index (χ0v) is 5.86. The van der Waals surface area contributed by atoms with Crippen molar-refractivity contribution in [3.63, 3.8) is 0 Å². The molecular formula is C7H10N2O. The van der Waals surface area contributed by atoms with E-state index in [0.717, 1.165) is 12.2 Å². The number of imidazole rings is 1. The van der Waals surface area contributed by atoms with Gasteiger partial charge in [0.05, 0.1) is 24.3 Å². The molecule has 0 amide bonds. The molecule has 0 bridgehead atoms. The van der Waals surface area contributed by atoms with E-state index in [9.17, 15) is 5.11 Å². The van der Waals surface area contributed by atoms with Crippen LogP contribution in [0.25, 0.3) is 0 Å². The fraction of sp³-hybridized carbons (Fsp3) is 0.571. The number of fused-ring (bicyclic) bond motifs is 1. The van der Waals surface area contributed by atoms with Crippen molar-refractivity contribution in [2.75, 3.05) is 0 Å². The topological polar surface area (TPSA) is 38.0 Å². The number of rotatable bonds is 0. The van der Waals surface area contributed by atoms with Gasteiger partial charge in [-0.3, -0.25) is 0 Å². The molecule has 1 aromatic rings. The minimum absolute atomic E-state index is 0.303. The molecular weight excluding hydrogens is 128 g/mol. The monoisotopic (exact) mass is 138 g/mol. The van der Waals surface area contributed by atoms with E-state index in [4.69, 9.17) is 0 Å². The van der Waals surface area contributed by atoms with Gasteiger partial charge in [0.2, 0.25) is 0 Å². The first kappa shape index (κ1) is 5.92. The minimum atomic E-state index is -0.303. The molecule has 0 unspecified atom stereocenters. The van der Waals surface area contributed by atoms with Gasteiger partial charge in [0.15, 0.2) is 0 Å². The molecule has 1 aliphatic heterocycles. The van der Waals surface area contributed by atoms with Crippen molar-refractivity contribution in [1.29, 1.82) is 0 Å². The van der Waals surface area contributed by atoms with Crippen LogP contribution in [0.1, 0.15) is 18.7 Å². The predicted molar refractivity (Wildman–Crippen MR) is 36.4 cm³/mol. The van der Waals surface area contributed by atoms with E-state index in [0.29, 0.717) is 5.92 Å². The summed E-state index contributed by atoms with van der Waals surface area (Å²) in [5.74, 6) is 0.345. The predicted octanol–water partition coefficient (Wildman–Crippen LogP) is 0.566. The molecule has 54 valence electrons. The summed E-state index contributed by atoms with van der Waals surface area (Å²) >= 11 is 0. The minimum Gasteiger partial charge on any atom is -0.386 e. The molecule has 3 nitrogen and oxygen atoms in total. The van der Waals surface area contributed by atoms with Gasteiger partial charge in [-0.2, -0.15) is 0 Å². The third-order valence-corrected chi connectivity index (χ3v) is 2.07. The Bertz CT molecular complexity index is 244. The van der Waals surface area contributed by atoms with Crippen LogP contribution >= 0.6 is 0 Å². The van der Waals surface area contributed by atoms with Gasteiger partial charge in [0.1, 0.15) is 0 Å². The molecule has 10 heavy (non-hydrogen) atoms. The number of nitrogens with zero attached hydrogens (tertiary/aromatic N) is 2. The third kappa shape index (κ3) is 0.609. The Hall–Kier alpha value is -0.830. The summed E-state index contributed by atoms with van der Waals surface area (Å²) in [6.45, 7) is 2.94. The summed E-state index contributed by atoms with van der Waals surface area (Å²) in [5, 5.41) is 9.48. The van der Waals surface area contributed by atoms with Gasteiger partial charge in [0.25, 0.3) is 0 Å². The third-order valence-electron chi connectivity index (χ3n) is 2.07. The highest BCUT2D eigenvalue weighted by atomic mass is 16.3. The van der Waals surface area contributed by atoms with Crippen LogP contribution in [-0.4, -0.2) is 14.7 Å². The number of aliphatic hydroxyl groups excluding tert-OH is 1. The second-order valence-electron chi connectivity index (χ2n) is 2.89. The van der Waals surface area contributed by atoms with E-state index < -0.39 is 0 Å². The summed E-state index contributed by atoms with van der Waals surface area (Å²) in [6, 6.07) is 0. The first-order valence-electron chi connectivity index (χ1n) is 3.47. The molecule has 0 fully saturated rings. The SMILES string of the molecule is C[C@@H]1Cn2cncc2[C@H]1O. The Labute approximate surface area is 59.3 Å². The van der Waals surface area contributed by atoms with Gasteiger partial charge in [-0.25, -0.2) is 4.98 Å². The van der Waals surface area contributed by atoms with E-state index in [1.807, 2.05) is 11.5 Å². The Balaban J connectivity index is 2.43. The van der Waals surface area contributed by atoms with Gasteiger partial charge < -0.3 is 9.67 Å². The number of aliphatic hydroxyl groups is 1. The van der Waals surface area contributed by atoms with Crippen molar-refractivity contribution in [3.05, 3.63) is 18.2 Å². The van der Waals surface area contributed by atoms with Crippen LogP contribution < -0.4 is 0 Å². The molecule has 1 aliphatic rings. The first-order valence-corrected chi connectivity index (χ1v) is 3.47. The van der Waals surface area contributed by atoms with Crippen molar-refractivity contribution in [2.45, 2.75) is 19.6 Å². The summed E-state index contributed by atoms with van der Waals surface area (Å²) in [7, 11) is 0. The molecule has 0 spiro atoms. The van der Waals surface area contributed by atoms with Crippen molar-refractivity contribution in [3.8, 4) is 0 Å². The summed E-state index contributed by atoms with van der Waals surface area (Å²) in [5.41, 5.74) is 0.951. The summed E-state index contributed by atoms with van der Waals surface area (Å²) in [6.07, 6.45) is 3.19. The van der Waals surface area contributed by atoms with E-state index in [1.54, 1.807) is 12.5 Å². The lowest BCUT2D eigenvalue weighted by Gasteiger charge is -2.04. The van der Waals surface area contributed by atoms with Crippen molar-refractivity contribution >= 4 is 0 Å². The molecule has 0 aromatic carbocycles. The van der Waals surface area contributed by atoms with E-state index in [-0.39, 0.29) is 6.10 Å². The average molecular weight is 138 g/mol. The van der Waals surface area contributed by atoms with Gasteiger partial charge in [-0.1, -0.05) is 6.92 Å². The van der Waals surface area contributed by atoms with Crippen LogP contribution in [0, 0.1) is 5.92 Å². The highest BCUT2D eigenvalue weighted by Crippen LogP contribution is 2.29. The molecule has 0 radical (unpaired) electrons. The lowest BCUT2D eigenvalue weighted by Crippen LogP contribution is -2.01. The van der Waals surface area contributed by atoms with Gasteiger partial charge in [-0.15, -0.1) is 0 Å². The maximum Gasteiger partial charge on any atom is 0.0998 e.